The average Bonchev–Trinajstić information content (AvgIpc) is 3.14. The molecule has 9 unspecified atom stereocenters. The number of carbonyl (C=O) groups is 1. The zero-order valence-corrected chi connectivity index (χ0v) is 33.1. The highest BCUT2D eigenvalue weighted by atomic mass is 16.7. The zero-order chi connectivity index (χ0) is 38.4. The van der Waals surface area contributed by atoms with Gasteiger partial charge in [-0.1, -0.05) is 174 Å². The highest BCUT2D eigenvalue weighted by molar-refractivity contribution is 5.80. The van der Waals surface area contributed by atoms with Crippen LogP contribution in [0.3, 0.4) is 0 Å². The number of aliphatic hydroxyl groups is 7. The SMILES string of the molecule is CCCCCCCCCCCCCCCCCCCC(O)C(=O)NC(COC1OC(CO)C(O)C(O)C1O)C(O)C(O)CCCCCCCCCC. The maximum absolute atomic E-state index is 13.0. The van der Waals surface area contributed by atoms with Gasteiger partial charge in [-0.3, -0.25) is 4.79 Å². The van der Waals surface area contributed by atoms with Crippen LogP contribution in [0.2, 0.25) is 0 Å². The van der Waals surface area contributed by atoms with Gasteiger partial charge in [0.2, 0.25) is 5.91 Å². The van der Waals surface area contributed by atoms with Crippen LogP contribution in [0.1, 0.15) is 187 Å². The molecule has 11 nitrogen and oxygen atoms in total. The Bertz CT molecular complexity index is 820. The Hall–Kier alpha value is -0.890. The molecular weight excluding hydrogens is 666 g/mol. The van der Waals surface area contributed by atoms with Crippen LogP contribution in [0.4, 0.5) is 0 Å². The van der Waals surface area contributed by atoms with Gasteiger partial charge in [-0.15, -0.1) is 0 Å². The van der Waals surface area contributed by atoms with E-state index in [2.05, 4.69) is 19.2 Å². The first-order chi connectivity index (χ1) is 25.2. The second kappa shape index (κ2) is 32.4. The van der Waals surface area contributed by atoms with Crippen molar-refractivity contribution in [3.05, 3.63) is 0 Å². The van der Waals surface area contributed by atoms with Crippen molar-refractivity contribution in [2.24, 2.45) is 0 Å². The molecule has 0 aromatic heterocycles. The zero-order valence-electron chi connectivity index (χ0n) is 33.1. The van der Waals surface area contributed by atoms with Gasteiger partial charge >= 0.3 is 0 Å². The van der Waals surface area contributed by atoms with Crippen LogP contribution in [0, 0.1) is 0 Å². The molecule has 0 radical (unpaired) electrons. The molecule has 1 rings (SSSR count). The molecule has 1 aliphatic rings. The minimum atomic E-state index is -1.65. The number of unbranched alkanes of at least 4 members (excludes halogenated alkanes) is 23. The molecule has 0 aliphatic carbocycles. The van der Waals surface area contributed by atoms with Gasteiger partial charge in [0.1, 0.15) is 36.6 Å². The number of rotatable bonds is 35. The number of nitrogens with one attached hydrogen (secondary N) is 1. The van der Waals surface area contributed by atoms with Gasteiger partial charge in [0.25, 0.3) is 0 Å². The first kappa shape index (κ1) is 49.1. The Morgan fingerprint density at radius 1 is 0.596 bits per heavy atom. The van der Waals surface area contributed by atoms with Crippen molar-refractivity contribution < 1.29 is 50.0 Å². The van der Waals surface area contributed by atoms with Gasteiger partial charge in [0.05, 0.1) is 25.4 Å². The maximum Gasteiger partial charge on any atom is 0.249 e. The van der Waals surface area contributed by atoms with Crippen LogP contribution < -0.4 is 5.32 Å². The van der Waals surface area contributed by atoms with E-state index in [9.17, 15) is 40.5 Å². The highest BCUT2D eigenvalue weighted by Crippen LogP contribution is 2.23. The monoisotopic (exact) mass is 748 g/mol. The molecule has 1 amide bonds. The molecule has 1 saturated heterocycles. The van der Waals surface area contributed by atoms with Crippen molar-refractivity contribution in [3.8, 4) is 0 Å². The lowest BCUT2D eigenvalue weighted by molar-refractivity contribution is -0.303. The third-order valence-electron chi connectivity index (χ3n) is 10.7. The summed E-state index contributed by atoms with van der Waals surface area (Å²) in [7, 11) is 0. The van der Waals surface area contributed by atoms with E-state index in [4.69, 9.17) is 9.47 Å². The Morgan fingerprint density at radius 2 is 1.00 bits per heavy atom. The first-order valence-electron chi connectivity index (χ1n) is 21.4. The Balaban J connectivity index is 2.43. The first-order valence-corrected chi connectivity index (χ1v) is 21.4. The minimum absolute atomic E-state index is 0.266. The van der Waals surface area contributed by atoms with Crippen molar-refractivity contribution in [3.63, 3.8) is 0 Å². The van der Waals surface area contributed by atoms with E-state index in [0.717, 1.165) is 38.5 Å². The van der Waals surface area contributed by atoms with Crippen LogP contribution in [-0.4, -0.2) is 110 Å². The van der Waals surface area contributed by atoms with E-state index >= 15 is 0 Å². The molecule has 0 aromatic rings. The van der Waals surface area contributed by atoms with Crippen molar-refractivity contribution in [2.75, 3.05) is 13.2 Å². The molecule has 310 valence electrons. The molecule has 0 spiro atoms. The lowest BCUT2D eigenvalue weighted by atomic mass is 9.98. The molecule has 0 bridgehead atoms. The second-order valence-electron chi connectivity index (χ2n) is 15.4. The van der Waals surface area contributed by atoms with E-state index in [1.165, 1.54) is 109 Å². The third-order valence-corrected chi connectivity index (χ3v) is 10.7. The summed E-state index contributed by atoms with van der Waals surface area (Å²) in [4.78, 5) is 13.0. The number of aliphatic hydroxyl groups excluding tert-OH is 7. The summed E-state index contributed by atoms with van der Waals surface area (Å²) in [5.41, 5.74) is 0. The molecule has 8 N–H and O–H groups in total. The van der Waals surface area contributed by atoms with Gasteiger partial charge in [0.15, 0.2) is 6.29 Å². The molecule has 52 heavy (non-hydrogen) atoms. The van der Waals surface area contributed by atoms with E-state index in [-0.39, 0.29) is 6.42 Å². The molecule has 1 fully saturated rings. The predicted octanol–water partition coefficient (Wildman–Crippen LogP) is 5.94. The molecule has 1 heterocycles. The molecule has 9 atom stereocenters. The Kier molecular flexibility index (Phi) is 30.6. The van der Waals surface area contributed by atoms with Crippen molar-refractivity contribution >= 4 is 5.91 Å². The third kappa shape index (κ3) is 22.5. The van der Waals surface area contributed by atoms with Gasteiger partial charge in [-0.2, -0.15) is 0 Å². The highest BCUT2D eigenvalue weighted by Gasteiger charge is 2.44. The maximum atomic E-state index is 13.0. The van der Waals surface area contributed by atoms with Crippen LogP contribution in [0.15, 0.2) is 0 Å². The molecule has 1 aliphatic heterocycles. The number of hydrogen-bond acceptors (Lipinski definition) is 10. The summed E-state index contributed by atoms with van der Waals surface area (Å²) in [6.07, 6.45) is 18.9. The van der Waals surface area contributed by atoms with E-state index in [0.29, 0.717) is 19.3 Å². The number of amides is 1. The number of ether oxygens (including phenoxy) is 2. The largest absolute Gasteiger partial charge is 0.394 e. The number of hydrogen-bond donors (Lipinski definition) is 8. The molecular formula is C41H81NO10. The normalized spacial score (nSPS) is 23.0. The fraction of sp³-hybridized carbons (Fsp3) is 0.976. The summed E-state index contributed by atoms with van der Waals surface area (Å²) in [5.74, 6) is -0.697. The second-order valence-corrected chi connectivity index (χ2v) is 15.4. The van der Waals surface area contributed by atoms with Crippen molar-refractivity contribution in [1.29, 1.82) is 0 Å². The fourth-order valence-electron chi connectivity index (χ4n) is 7.03. The molecule has 0 aromatic carbocycles. The summed E-state index contributed by atoms with van der Waals surface area (Å²) >= 11 is 0. The van der Waals surface area contributed by atoms with Gasteiger partial charge in [-0.25, -0.2) is 0 Å². The average molecular weight is 748 g/mol. The van der Waals surface area contributed by atoms with Crippen LogP contribution in [0.5, 0.6) is 0 Å². The smallest absolute Gasteiger partial charge is 0.249 e. The summed E-state index contributed by atoms with van der Waals surface area (Å²) < 4.78 is 11.0. The van der Waals surface area contributed by atoms with E-state index in [1.54, 1.807) is 0 Å². The summed E-state index contributed by atoms with van der Waals surface area (Å²) in [5, 5.41) is 75.2. The lowest BCUT2D eigenvalue weighted by Gasteiger charge is -2.40. The Morgan fingerprint density at radius 3 is 1.42 bits per heavy atom. The Labute approximate surface area is 316 Å². The van der Waals surface area contributed by atoms with Gasteiger partial charge in [-0.05, 0) is 12.8 Å². The van der Waals surface area contributed by atoms with Crippen molar-refractivity contribution in [1.82, 2.24) is 5.32 Å². The van der Waals surface area contributed by atoms with Crippen LogP contribution in [-0.2, 0) is 14.3 Å². The summed E-state index contributed by atoms with van der Waals surface area (Å²) in [6, 6.07) is -1.16. The minimum Gasteiger partial charge on any atom is -0.394 e. The van der Waals surface area contributed by atoms with Gasteiger partial charge in [0, 0.05) is 0 Å². The molecule has 11 heteroatoms. The quantitative estimate of drug-likeness (QED) is 0.0360. The van der Waals surface area contributed by atoms with E-state index < -0.39 is 74.2 Å². The van der Waals surface area contributed by atoms with Gasteiger partial charge < -0.3 is 50.5 Å². The predicted molar refractivity (Wildman–Crippen MR) is 206 cm³/mol. The van der Waals surface area contributed by atoms with Crippen molar-refractivity contribution in [2.45, 2.75) is 242 Å². The van der Waals surface area contributed by atoms with Crippen LogP contribution >= 0.6 is 0 Å². The van der Waals surface area contributed by atoms with Crippen LogP contribution in [0.25, 0.3) is 0 Å². The van der Waals surface area contributed by atoms with E-state index in [1.807, 2.05) is 0 Å². The number of carbonyl (C=O) groups excluding carboxylic acids is 1. The molecule has 0 saturated carbocycles. The standard InChI is InChI=1S/C41H81NO10/c1-3-5-7-9-11-13-14-15-16-17-18-19-20-21-23-25-27-29-34(45)40(50)42-32(31-51-41-39(49)38(48)37(47)35(30-43)52-41)36(46)33(44)28-26-24-22-12-10-8-6-4-2/h32-39,41,43-49H,3-31H2,1-2H3,(H,42,50). The lowest BCUT2D eigenvalue weighted by Crippen LogP contribution is -2.60. The fourth-order valence-corrected chi connectivity index (χ4v) is 7.03. The summed E-state index contributed by atoms with van der Waals surface area (Å²) in [6.45, 7) is 3.39. The topological polar surface area (TPSA) is 189 Å².